The number of likely N-dealkylation sites (tertiary alicyclic amines) is 1. The van der Waals surface area contributed by atoms with Gasteiger partial charge < -0.3 is 4.74 Å². The standard InChI is InChI=1S/C14H13ClN2O6/c1-22-14(21)13(20)17-10(15)9(12(17)19)11(18)16-23-7-8-5-3-2-4-6-8/h2-6,9-10H,7H2,1H3,(H,16,18)/t9-,10-/m0/s1. The van der Waals surface area contributed by atoms with Gasteiger partial charge in [0.2, 0.25) is 5.91 Å². The molecule has 1 fully saturated rings. The molecule has 1 heterocycles. The minimum absolute atomic E-state index is 0.102. The number of imide groups is 1. The summed E-state index contributed by atoms with van der Waals surface area (Å²) in [5.74, 6) is -5.43. The van der Waals surface area contributed by atoms with E-state index in [1.165, 1.54) is 0 Å². The van der Waals surface area contributed by atoms with Crippen LogP contribution in [0.1, 0.15) is 5.56 Å². The van der Waals surface area contributed by atoms with E-state index in [9.17, 15) is 19.2 Å². The Morgan fingerprint density at radius 1 is 1.26 bits per heavy atom. The molecule has 0 aromatic heterocycles. The first-order chi connectivity index (χ1) is 11.0. The third-order valence-electron chi connectivity index (χ3n) is 3.14. The van der Waals surface area contributed by atoms with E-state index in [4.69, 9.17) is 16.4 Å². The molecule has 0 spiro atoms. The van der Waals surface area contributed by atoms with E-state index in [-0.39, 0.29) is 6.61 Å². The fraction of sp³-hybridized carbons (Fsp3) is 0.286. The van der Waals surface area contributed by atoms with Gasteiger partial charge in [0.15, 0.2) is 5.92 Å². The topological polar surface area (TPSA) is 102 Å². The van der Waals surface area contributed by atoms with E-state index in [1.807, 2.05) is 6.07 Å². The molecule has 0 saturated carbocycles. The SMILES string of the molecule is COC(=O)C(=O)N1C(=O)[C@H](C(=O)NOCc2ccccc2)[C@H]1Cl. The van der Waals surface area contributed by atoms with E-state index in [0.717, 1.165) is 12.7 Å². The van der Waals surface area contributed by atoms with E-state index < -0.39 is 35.1 Å². The van der Waals surface area contributed by atoms with Crippen LogP contribution in [0.5, 0.6) is 0 Å². The predicted octanol–water partition coefficient (Wildman–Crippen LogP) is -0.0427. The highest BCUT2D eigenvalue weighted by atomic mass is 35.5. The van der Waals surface area contributed by atoms with Crippen LogP contribution in [-0.2, 0) is 35.4 Å². The first-order valence-electron chi connectivity index (χ1n) is 6.52. The van der Waals surface area contributed by atoms with E-state index in [0.29, 0.717) is 4.90 Å². The number of rotatable bonds is 4. The second kappa shape index (κ2) is 7.21. The highest BCUT2D eigenvalue weighted by molar-refractivity contribution is 6.41. The monoisotopic (exact) mass is 340 g/mol. The Morgan fingerprint density at radius 3 is 2.48 bits per heavy atom. The van der Waals surface area contributed by atoms with Crippen molar-refractivity contribution < 1.29 is 28.8 Å². The summed E-state index contributed by atoms with van der Waals surface area (Å²) in [6.45, 7) is 0.102. The van der Waals surface area contributed by atoms with Crippen LogP contribution in [-0.4, -0.2) is 41.2 Å². The first kappa shape index (κ1) is 16.9. The minimum atomic E-state index is -1.30. The summed E-state index contributed by atoms with van der Waals surface area (Å²) < 4.78 is 4.21. The van der Waals surface area contributed by atoms with Crippen molar-refractivity contribution in [3.63, 3.8) is 0 Å². The largest absolute Gasteiger partial charge is 0.462 e. The molecule has 0 aliphatic carbocycles. The Hall–Kier alpha value is -2.45. The van der Waals surface area contributed by atoms with Crippen molar-refractivity contribution in [2.45, 2.75) is 12.1 Å². The zero-order valence-corrected chi connectivity index (χ0v) is 12.8. The summed E-state index contributed by atoms with van der Waals surface area (Å²) in [5, 5.41) is 0. The molecule has 122 valence electrons. The van der Waals surface area contributed by atoms with Gasteiger partial charge in [-0.25, -0.2) is 10.3 Å². The van der Waals surface area contributed by atoms with Gasteiger partial charge in [-0.1, -0.05) is 41.9 Å². The van der Waals surface area contributed by atoms with Gasteiger partial charge in [0.05, 0.1) is 13.7 Å². The number of benzene rings is 1. The maximum Gasteiger partial charge on any atom is 0.397 e. The molecule has 1 aromatic rings. The molecule has 9 heteroatoms. The number of methoxy groups -OCH3 is 1. The molecule has 0 bridgehead atoms. The molecule has 1 aromatic carbocycles. The molecule has 0 radical (unpaired) electrons. The summed E-state index contributed by atoms with van der Waals surface area (Å²) in [4.78, 5) is 51.7. The molecule has 1 aliphatic heterocycles. The lowest BCUT2D eigenvalue weighted by Crippen LogP contribution is -2.66. The maximum absolute atomic E-state index is 11.8. The van der Waals surface area contributed by atoms with Crippen molar-refractivity contribution in [3.8, 4) is 0 Å². The first-order valence-corrected chi connectivity index (χ1v) is 6.96. The number of carbonyl (C=O) groups excluding carboxylic acids is 4. The number of esters is 1. The molecule has 1 saturated heterocycles. The van der Waals surface area contributed by atoms with E-state index >= 15 is 0 Å². The van der Waals surface area contributed by atoms with Crippen molar-refractivity contribution in [1.82, 2.24) is 10.4 Å². The number of carbonyl (C=O) groups is 4. The predicted molar refractivity (Wildman–Crippen MR) is 76.4 cm³/mol. The van der Waals surface area contributed by atoms with Gasteiger partial charge in [-0.2, -0.15) is 0 Å². The Kier molecular flexibility index (Phi) is 5.30. The second-order valence-corrected chi connectivity index (χ2v) is 5.04. The number of hydrogen-bond acceptors (Lipinski definition) is 6. The highest BCUT2D eigenvalue weighted by Crippen LogP contribution is 2.30. The lowest BCUT2D eigenvalue weighted by atomic mass is 9.97. The van der Waals surface area contributed by atoms with Crippen LogP contribution in [0.3, 0.4) is 0 Å². The van der Waals surface area contributed by atoms with Crippen LogP contribution >= 0.6 is 11.6 Å². The van der Waals surface area contributed by atoms with Gasteiger partial charge in [0.1, 0.15) is 5.50 Å². The lowest BCUT2D eigenvalue weighted by molar-refractivity contribution is -0.175. The summed E-state index contributed by atoms with van der Waals surface area (Å²) in [7, 11) is 0.995. The van der Waals surface area contributed by atoms with Gasteiger partial charge in [0, 0.05) is 0 Å². The van der Waals surface area contributed by atoms with Crippen LogP contribution in [0, 0.1) is 5.92 Å². The van der Waals surface area contributed by atoms with Gasteiger partial charge in [0.25, 0.3) is 5.91 Å². The second-order valence-electron chi connectivity index (χ2n) is 4.60. The molecule has 1 N–H and O–H groups in total. The average molecular weight is 341 g/mol. The highest BCUT2D eigenvalue weighted by Gasteiger charge is 2.55. The number of amides is 3. The molecule has 8 nitrogen and oxygen atoms in total. The summed E-state index contributed by atoms with van der Waals surface area (Å²) >= 11 is 5.82. The normalized spacial score (nSPS) is 19.7. The number of hydroxylamine groups is 1. The fourth-order valence-electron chi connectivity index (χ4n) is 1.92. The molecule has 3 amide bonds. The van der Waals surface area contributed by atoms with Crippen molar-refractivity contribution in [2.24, 2.45) is 5.92 Å². The smallest absolute Gasteiger partial charge is 0.397 e. The number of nitrogens with one attached hydrogen (secondary N) is 1. The van der Waals surface area contributed by atoms with Gasteiger partial charge in [-0.05, 0) is 5.56 Å². The van der Waals surface area contributed by atoms with Gasteiger partial charge in [-0.15, -0.1) is 0 Å². The molecule has 2 rings (SSSR count). The third-order valence-corrected chi connectivity index (χ3v) is 3.59. The summed E-state index contributed by atoms with van der Waals surface area (Å²) in [6.07, 6.45) is 0. The minimum Gasteiger partial charge on any atom is -0.462 e. The van der Waals surface area contributed by atoms with Gasteiger partial charge >= 0.3 is 11.9 Å². The summed E-state index contributed by atoms with van der Waals surface area (Å²) in [6, 6.07) is 9.03. The van der Waals surface area contributed by atoms with Crippen molar-refractivity contribution in [1.29, 1.82) is 0 Å². The van der Waals surface area contributed by atoms with Crippen LogP contribution in [0.15, 0.2) is 30.3 Å². The van der Waals surface area contributed by atoms with Gasteiger partial charge in [-0.3, -0.25) is 24.1 Å². The zero-order valence-electron chi connectivity index (χ0n) is 12.0. The Balaban J connectivity index is 1.86. The number of halogens is 1. The Labute approximate surface area is 136 Å². The zero-order chi connectivity index (χ0) is 17.0. The van der Waals surface area contributed by atoms with E-state index in [1.54, 1.807) is 24.3 Å². The number of alkyl halides is 1. The number of nitrogens with zero attached hydrogens (tertiary/aromatic N) is 1. The maximum atomic E-state index is 11.8. The average Bonchev–Trinajstić information content (AvgIpc) is 2.55. The van der Waals surface area contributed by atoms with Crippen LogP contribution in [0.2, 0.25) is 0 Å². The van der Waals surface area contributed by atoms with Crippen molar-refractivity contribution >= 4 is 35.3 Å². The Bertz CT molecular complexity index is 635. The lowest BCUT2D eigenvalue weighted by Gasteiger charge is -2.39. The molecule has 1 aliphatic rings. The van der Waals surface area contributed by atoms with E-state index in [2.05, 4.69) is 10.2 Å². The summed E-state index contributed by atoms with van der Waals surface area (Å²) in [5.41, 5.74) is 1.65. The number of hydrogen-bond donors (Lipinski definition) is 1. The third kappa shape index (κ3) is 3.49. The number of β-lactam (4-membered cyclic amide) rings is 1. The quantitative estimate of drug-likeness (QED) is 0.157. The molecular formula is C14H13ClN2O6. The molecular weight excluding hydrogens is 328 g/mol. The molecule has 23 heavy (non-hydrogen) atoms. The van der Waals surface area contributed by atoms with Crippen molar-refractivity contribution in [3.05, 3.63) is 35.9 Å². The molecule has 2 atom stereocenters. The molecule has 0 unspecified atom stereocenters. The van der Waals surface area contributed by atoms with Crippen LogP contribution in [0.4, 0.5) is 0 Å². The van der Waals surface area contributed by atoms with Crippen LogP contribution < -0.4 is 5.48 Å². The van der Waals surface area contributed by atoms with Crippen LogP contribution in [0.25, 0.3) is 0 Å². The Morgan fingerprint density at radius 2 is 1.91 bits per heavy atom. The number of ether oxygens (including phenoxy) is 1. The van der Waals surface area contributed by atoms with Crippen molar-refractivity contribution in [2.75, 3.05) is 7.11 Å². The fourth-order valence-corrected chi connectivity index (χ4v) is 2.33.